The van der Waals surface area contributed by atoms with E-state index in [0.717, 1.165) is 34.1 Å². The predicted molar refractivity (Wildman–Crippen MR) is 180 cm³/mol. The van der Waals surface area contributed by atoms with E-state index in [-0.39, 0.29) is 35.5 Å². The Kier molecular flexibility index (Phi) is 6.95. The highest BCUT2D eigenvalue weighted by Gasteiger charge is 2.77. The molecule has 0 bridgehead atoms. The fourth-order valence-corrected chi connectivity index (χ4v) is 9.27. The number of rotatable bonds is 4. The molecule has 0 unspecified atom stereocenters. The molecule has 13 heteroatoms. The number of nitrogens with zero attached hydrogens (tertiary/aromatic N) is 2. The van der Waals surface area contributed by atoms with Crippen molar-refractivity contribution >= 4 is 74.9 Å². The van der Waals surface area contributed by atoms with E-state index in [9.17, 15) is 43.7 Å². The van der Waals surface area contributed by atoms with Gasteiger partial charge in [-0.3, -0.25) is 19.2 Å². The monoisotopic (exact) mass is 714 g/mol. The quantitative estimate of drug-likeness (QED) is 0.135. The van der Waals surface area contributed by atoms with E-state index in [2.05, 4.69) is 0 Å². The molecule has 4 aromatic carbocycles. The number of carbonyl (C=O) groups excluding carboxylic acids is 4. The Labute approximate surface area is 292 Å². The lowest BCUT2D eigenvalue weighted by Crippen LogP contribution is -2.60. The number of aromatic carboxylic acids is 1. The van der Waals surface area contributed by atoms with E-state index in [4.69, 9.17) is 23.2 Å². The molecule has 3 N–H and O–H groups in total. The number of amides is 4. The molecular weight excluding hydrogens is 690 g/mol. The summed E-state index contributed by atoms with van der Waals surface area (Å²) in [6.07, 6.45) is 1.41. The number of hydrogen-bond acceptors (Lipinski definition) is 7. The molecule has 0 radical (unpaired) electrons. The molecule has 2 aliphatic heterocycles. The summed E-state index contributed by atoms with van der Waals surface area (Å²) in [6.45, 7) is 0. The van der Waals surface area contributed by atoms with Crippen LogP contribution in [0.15, 0.2) is 90.5 Å². The lowest BCUT2D eigenvalue weighted by atomic mass is 9.56. The number of aromatic hydroxyl groups is 2. The molecule has 0 spiro atoms. The van der Waals surface area contributed by atoms with Crippen molar-refractivity contribution < 1.29 is 43.7 Å². The molecule has 10 nitrogen and oxygen atoms in total. The van der Waals surface area contributed by atoms with Gasteiger partial charge < -0.3 is 15.3 Å². The van der Waals surface area contributed by atoms with E-state index < -0.39 is 80.1 Å². The van der Waals surface area contributed by atoms with Crippen LogP contribution < -0.4 is 9.80 Å². The molecule has 252 valence electrons. The minimum atomic E-state index is -2.24. The number of allylic oxidation sites excluding steroid dienone is 2. The Hall–Kier alpha value is -5.26. The second-order valence-corrected chi connectivity index (χ2v) is 14.2. The molecule has 4 amide bonds. The van der Waals surface area contributed by atoms with E-state index in [1.165, 1.54) is 18.2 Å². The van der Waals surface area contributed by atoms with Gasteiger partial charge in [0, 0.05) is 22.9 Å². The van der Waals surface area contributed by atoms with Crippen LogP contribution in [0, 0.1) is 23.6 Å². The van der Waals surface area contributed by atoms with Gasteiger partial charge in [0.2, 0.25) is 11.8 Å². The number of carboxylic acids is 1. The van der Waals surface area contributed by atoms with E-state index in [1.807, 2.05) is 0 Å². The molecule has 8 rings (SSSR count). The third kappa shape index (κ3) is 4.10. The molecule has 2 aliphatic carbocycles. The minimum Gasteiger partial charge on any atom is -0.507 e. The highest BCUT2D eigenvalue weighted by molar-refractivity contribution is 6.58. The number of halogens is 3. The first-order valence-corrected chi connectivity index (χ1v) is 16.4. The zero-order chi connectivity index (χ0) is 35.4. The first-order valence-electron chi connectivity index (χ1n) is 15.7. The van der Waals surface area contributed by atoms with Gasteiger partial charge in [0.15, 0.2) is 9.75 Å². The van der Waals surface area contributed by atoms with E-state index >= 15 is 0 Å². The summed E-state index contributed by atoms with van der Waals surface area (Å²) in [4.78, 5) is 65.9. The molecule has 3 fully saturated rings. The van der Waals surface area contributed by atoms with Gasteiger partial charge in [0.1, 0.15) is 22.9 Å². The lowest BCUT2D eigenvalue weighted by Gasteiger charge is -2.50. The van der Waals surface area contributed by atoms with E-state index in [0.29, 0.717) is 16.3 Å². The number of hydrogen-bond donors (Lipinski definition) is 3. The molecule has 2 saturated heterocycles. The molecule has 6 atom stereocenters. The fraction of sp³-hybridized carbons (Fsp3) is 0.216. The van der Waals surface area contributed by atoms with Crippen LogP contribution in [-0.2, 0) is 19.2 Å². The molecule has 0 aromatic heterocycles. The largest absolute Gasteiger partial charge is 0.507 e. The molecule has 2 heterocycles. The molecule has 1 saturated carbocycles. The number of carbonyl (C=O) groups is 5. The SMILES string of the molecule is O=C(O)c1ccc(N2C(=O)[C@H]3[C@H](CC=C4[C@H]3C[C@@]3(Cl)C(=O)N(c5ccc(F)cc5)C(=O)[C@@]3(Cl)[C@H]4c3ccc4ccccc4c3O)C2=O)cc1O. The Morgan fingerprint density at radius 2 is 1.52 bits per heavy atom. The van der Waals surface area contributed by atoms with Crippen molar-refractivity contribution in [2.75, 3.05) is 9.80 Å². The fourth-order valence-electron chi connectivity index (χ4n) is 8.34. The van der Waals surface area contributed by atoms with Crippen LogP contribution in [0.4, 0.5) is 15.8 Å². The topological polar surface area (TPSA) is 153 Å². The Morgan fingerprint density at radius 1 is 0.820 bits per heavy atom. The summed E-state index contributed by atoms with van der Waals surface area (Å²) in [5.41, 5.74) is 0.187. The second-order valence-electron chi connectivity index (χ2n) is 13.0. The molecular formula is C37H25Cl2FN2O8. The number of anilines is 2. The third-order valence-corrected chi connectivity index (χ3v) is 12.0. The number of carboxylic acid groups (broad SMARTS) is 1. The maximum atomic E-state index is 14.6. The summed E-state index contributed by atoms with van der Waals surface area (Å²) in [6, 6.07) is 18.3. The van der Waals surface area contributed by atoms with Gasteiger partial charge in [0.05, 0.1) is 23.2 Å². The number of benzene rings is 4. The third-order valence-electron chi connectivity index (χ3n) is 10.6. The van der Waals surface area contributed by atoms with Gasteiger partial charge in [0.25, 0.3) is 11.8 Å². The smallest absolute Gasteiger partial charge is 0.339 e. The summed E-state index contributed by atoms with van der Waals surface area (Å²) >= 11 is 14.8. The van der Waals surface area contributed by atoms with Crippen LogP contribution >= 0.6 is 23.2 Å². The van der Waals surface area contributed by atoms with Crippen molar-refractivity contribution in [2.45, 2.75) is 28.5 Å². The summed E-state index contributed by atoms with van der Waals surface area (Å²) in [5, 5.41) is 32.6. The molecule has 4 aliphatic rings. The maximum absolute atomic E-state index is 14.6. The van der Waals surface area contributed by atoms with Crippen LogP contribution in [-0.4, -0.2) is 54.7 Å². The Balaban J connectivity index is 1.30. The van der Waals surface area contributed by atoms with Crippen molar-refractivity contribution in [3.05, 3.63) is 107 Å². The van der Waals surface area contributed by atoms with Gasteiger partial charge in [-0.1, -0.05) is 48.0 Å². The highest BCUT2D eigenvalue weighted by Crippen LogP contribution is 2.66. The van der Waals surface area contributed by atoms with Gasteiger partial charge in [-0.2, -0.15) is 0 Å². The molecule has 50 heavy (non-hydrogen) atoms. The van der Waals surface area contributed by atoms with Crippen LogP contribution in [0.25, 0.3) is 10.8 Å². The standard InChI is InChI=1S/C37H25Cl2FN2O8/c38-36-16-26-22(13-14-24-28(26)32(46)41(31(24)45)20-10-12-23(33(47)48)27(43)15-20)29(25-11-5-17-3-1-2-4-21(17)30(25)44)37(36,39)35(50)42(34(36)49)19-8-6-18(40)7-9-19/h1-13,15,24,26,28-29,43-44H,14,16H2,(H,47,48)/t24-,26+,28-,29+,36+,37-/m0/s1. The Bertz CT molecular complexity index is 2260. The van der Waals surface area contributed by atoms with Crippen molar-refractivity contribution in [1.29, 1.82) is 0 Å². The van der Waals surface area contributed by atoms with Crippen LogP contribution in [0.2, 0.25) is 0 Å². The van der Waals surface area contributed by atoms with Crippen molar-refractivity contribution in [1.82, 2.24) is 0 Å². The summed E-state index contributed by atoms with van der Waals surface area (Å²) in [5.74, 6) is -10.1. The number of alkyl halides is 2. The maximum Gasteiger partial charge on any atom is 0.339 e. The van der Waals surface area contributed by atoms with Crippen LogP contribution in [0.3, 0.4) is 0 Å². The van der Waals surface area contributed by atoms with Crippen LogP contribution in [0.5, 0.6) is 11.5 Å². The Morgan fingerprint density at radius 3 is 2.22 bits per heavy atom. The zero-order valence-corrected chi connectivity index (χ0v) is 27.2. The summed E-state index contributed by atoms with van der Waals surface area (Å²) < 4.78 is 13.9. The van der Waals surface area contributed by atoms with Crippen molar-refractivity contribution in [3.63, 3.8) is 0 Å². The van der Waals surface area contributed by atoms with Crippen LogP contribution in [0.1, 0.15) is 34.7 Å². The summed E-state index contributed by atoms with van der Waals surface area (Å²) in [7, 11) is 0. The number of fused-ring (bicyclic) bond motifs is 5. The van der Waals surface area contributed by atoms with E-state index in [1.54, 1.807) is 42.5 Å². The van der Waals surface area contributed by atoms with Crippen molar-refractivity contribution in [2.24, 2.45) is 17.8 Å². The first kappa shape index (κ1) is 32.0. The normalized spacial score (nSPS) is 28.8. The highest BCUT2D eigenvalue weighted by atomic mass is 35.5. The average molecular weight is 716 g/mol. The number of phenols is 2. The first-order chi connectivity index (χ1) is 23.8. The average Bonchev–Trinajstić information content (AvgIpc) is 3.43. The number of phenolic OH excluding ortho intramolecular Hbond substituents is 1. The van der Waals surface area contributed by atoms with Gasteiger partial charge in [-0.15, -0.1) is 23.2 Å². The number of imide groups is 2. The van der Waals surface area contributed by atoms with Gasteiger partial charge in [-0.05, 0) is 60.5 Å². The van der Waals surface area contributed by atoms with Gasteiger partial charge >= 0.3 is 5.97 Å². The van der Waals surface area contributed by atoms with Crippen molar-refractivity contribution in [3.8, 4) is 11.5 Å². The molecule has 4 aromatic rings. The zero-order valence-electron chi connectivity index (χ0n) is 25.7. The lowest BCUT2D eigenvalue weighted by molar-refractivity contribution is -0.125. The minimum absolute atomic E-state index is 0.0232. The van der Waals surface area contributed by atoms with Gasteiger partial charge in [-0.25, -0.2) is 19.0 Å². The second kappa shape index (κ2) is 10.9. The predicted octanol–water partition coefficient (Wildman–Crippen LogP) is 5.86.